The third-order valence-electron chi connectivity index (χ3n) is 10.3. The third-order valence-corrected chi connectivity index (χ3v) is 10.3. The summed E-state index contributed by atoms with van der Waals surface area (Å²) in [6.45, 7) is 3.97. The summed E-state index contributed by atoms with van der Waals surface area (Å²) >= 11 is 0. The lowest BCUT2D eigenvalue weighted by Gasteiger charge is -2.30. The van der Waals surface area contributed by atoms with Gasteiger partial charge >= 0.3 is 0 Å². The topological polar surface area (TPSA) is 46.8 Å². The Kier molecular flexibility index (Phi) is 7.12. The van der Waals surface area contributed by atoms with Gasteiger partial charge in [0.15, 0.2) is 0 Å². The fourth-order valence-electron chi connectivity index (χ4n) is 7.99. The number of hydrogen-bond donors (Lipinski definition) is 0. The van der Waals surface area contributed by atoms with E-state index < -0.39 is 0 Å². The molecule has 0 aromatic heterocycles. The minimum absolute atomic E-state index is 0.572. The molecule has 0 spiro atoms. The molecule has 0 saturated carbocycles. The second kappa shape index (κ2) is 12.3. The maximum absolute atomic E-state index is 5.22. The Morgan fingerprint density at radius 3 is 0.980 bits per heavy atom. The SMILES string of the molecule is C1=CN2Cc3cc4cc(c3)CN3C=CC(=NCc5cc(cc(c5)CN=C5C=CN(C4)c4ccccc45)CN=C1c1ccccc12)c1ccccc13. The molecule has 0 saturated heterocycles. The first kappa shape index (κ1) is 29.6. The first-order valence-corrected chi connectivity index (χ1v) is 17.7. The van der Waals surface area contributed by atoms with Crippen LogP contribution in [0.1, 0.15) is 50.1 Å². The van der Waals surface area contributed by atoms with Crippen LogP contribution in [0.5, 0.6) is 0 Å². The normalized spacial score (nSPS) is 16.9. The van der Waals surface area contributed by atoms with Crippen molar-refractivity contribution in [1.29, 1.82) is 0 Å². The second-order valence-electron chi connectivity index (χ2n) is 13.8. The minimum atomic E-state index is 0.572. The molecule has 0 amide bonds. The molecule has 9 aliphatic heterocycles. The molecule has 6 nitrogen and oxygen atoms in total. The van der Waals surface area contributed by atoms with Crippen LogP contribution in [0.25, 0.3) is 0 Å². The first-order valence-electron chi connectivity index (χ1n) is 17.7. The molecular formula is C45H36N6. The van der Waals surface area contributed by atoms with Crippen LogP contribution in [0.3, 0.4) is 0 Å². The largest absolute Gasteiger partial charge is 0.343 e. The van der Waals surface area contributed by atoms with E-state index in [1.807, 2.05) is 0 Å². The van der Waals surface area contributed by atoms with E-state index in [2.05, 4.69) is 161 Å². The average Bonchev–Trinajstić information content (AvgIpc) is 3.16. The van der Waals surface area contributed by atoms with E-state index in [1.165, 1.54) is 33.8 Å². The Balaban J connectivity index is 1.21. The lowest BCUT2D eigenvalue weighted by atomic mass is 9.98. The van der Waals surface area contributed by atoms with Crippen LogP contribution < -0.4 is 14.7 Å². The monoisotopic (exact) mass is 660 g/mol. The van der Waals surface area contributed by atoms with Crippen molar-refractivity contribution < 1.29 is 0 Å². The van der Waals surface area contributed by atoms with Gasteiger partial charge in [-0.3, -0.25) is 15.0 Å². The van der Waals surface area contributed by atoms with Gasteiger partial charge in [0.25, 0.3) is 0 Å². The summed E-state index contributed by atoms with van der Waals surface area (Å²) in [6.07, 6.45) is 13.1. The number of hydrogen-bond acceptors (Lipinski definition) is 6. The van der Waals surface area contributed by atoms with Crippen LogP contribution >= 0.6 is 0 Å². The van der Waals surface area contributed by atoms with Crippen LogP contribution in [0, 0.1) is 0 Å². The van der Waals surface area contributed by atoms with Gasteiger partial charge in [-0.25, -0.2) is 0 Å². The highest BCUT2D eigenvalue weighted by Crippen LogP contribution is 2.33. The summed E-state index contributed by atoms with van der Waals surface area (Å²) in [5.74, 6) is 0. The molecule has 5 aromatic rings. The van der Waals surface area contributed by atoms with Gasteiger partial charge in [0.1, 0.15) is 0 Å². The van der Waals surface area contributed by atoms with Gasteiger partial charge in [-0.2, -0.15) is 0 Å². The quantitative estimate of drug-likeness (QED) is 0.167. The van der Waals surface area contributed by atoms with Gasteiger partial charge in [-0.1, -0.05) is 91.0 Å². The van der Waals surface area contributed by atoms with Crippen molar-refractivity contribution in [3.05, 3.63) is 196 Å². The zero-order valence-corrected chi connectivity index (χ0v) is 28.3. The van der Waals surface area contributed by atoms with E-state index in [0.29, 0.717) is 19.6 Å². The molecule has 0 atom stereocenters. The molecule has 0 aliphatic carbocycles. The summed E-state index contributed by atoms with van der Waals surface area (Å²) in [5, 5.41) is 0. The first-order chi connectivity index (χ1) is 25.2. The van der Waals surface area contributed by atoms with Crippen molar-refractivity contribution in [2.24, 2.45) is 15.0 Å². The molecule has 6 heteroatoms. The van der Waals surface area contributed by atoms with E-state index in [-0.39, 0.29) is 0 Å². The van der Waals surface area contributed by atoms with Crippen LogP contribution in [-0.4, -0.2) is 17.1 Å². The Bertz CT molecular complexity index is 2120. The minimum Gasteiger partial charge on any atom is -0.343 e. The van der Waals surface area contributed by atoms with Crippen molar-refractivity contribution in [1.82, 2.24) is 0 Å². The molecule has 0 unspecified atom stereocenters. The standard InChI is InChI=1S/C45H36N6/c1-4-10-43-37(7-1)40-13-16-49(43)28-34-22-35-24-36(23-34)30-51-18-15-42(39-9-3-6-12-45(39)51)48-27-33-20-31(25-46-40)19-32(21-33)26-47-41-14-17-50(29-35)44-11-5-2-8-38(41)44/h1-24H,25-30H2. The lowest BCUT2D eigenvalue weighted by Crippen LogP contribution is -2.25. The van der Waals surface area contributed by atoms with Crippen molar-refractivity contribution >= 4 is 34.2 Å². The number of benzene rings is 5. The molecule has 12 bridgehead atoms. The van der Waals surface area contributed by atoms with Crippen molar-refractivity contribution in [3.63, 3.8) is 0 Å². The number of allylic oxidation sites excluding steroid dienone is 3. The molecule has 51 heavy (non-hydrogen) atoms. The number of para-hydroxylation sites is 3. The molecule has 9 aliphatic rings. The summed E-state index contributed by atoms with van der Waals surface area (Å²) < 4.78 is 0. The van der Waals surface area contributed by atoms with Crippen LogP contribution in [0.4, 0.5) is 17.1 Å². The van der Waals surface area contributed by atoms with Gasteiger partial charge in [-0.15, -0.1) is 0 Å². The number of anilines is 3. The molecule has 14 rings (SSSR count). The Morgan fingerprint density at radius 1 is 0.353 bits per heavy atom. The zero-order valence-electron chi connectivity index (χ0n) is 28.3. The van der Waals surface area contributed by atoms with Gasteiger partial charge in [0.05, 0.1) is 53.8 Å². The summed E-state index contributed by atoms with van der Waals surface area (Å²) in [5.41, 5.74) is 17.3. The van der Waals surface area contributed by atoms with E-state index >= 15 is 0 Å². The van der Waals surface area contributed by atoms with E-state index in [1.54, 1.807) is 0 Å². The molecule has 5 aromatic carbocycles. The predicted molar refractivity (Wildman–Crippen MR) is 209 cm³/mol. The molecular weight excluding hydrogens is 625 g/mol. The maximum Gasteiger partial charge on any atom is 0.0686 e. The van der Waals surface area contributed by atoms with Crippen molar-refractivity contribution in [2.75, 3.05) is 14.7 Å². The van der Waals surface area contributed by atoms with Crippen molar-refractivity contribution in [2.45, 2.75) is 39.3 Å². The summed E-state index contributed by atoms with van der Waals surface area (Å²) in [6, 6.07) is 39.9. The van der Waals surface area contributed by atoms with Crippen molar-refractivity contribution in [3.8, 4) is 0 Å². The molecule has 9 heterocycles. The van der Waals surface area contributed by atoms with Crippen LogP contribution in [0.15, 0.2) is 161 Å². The molecule has 0 N–H and O–H groups in total. The number of fused-ring (bicyclic) bond motifs is 1. The summed E-state index contributed by atoms with van der Waals surface area (Å²) in [4.78, 5) is 22.7. The highest BCUT2D eigenvalue weighted by atomic mass is 15.1. The Morgan fingerprint density at radius 2 is 0.647 bits per heavy atom. The number of nitrogens with zero attached hydrogens (tertiary/aromatic N) is 6. The maximum atomic E-state index is 5.22. The highest BCUT2D eigenvalue weighted by molar-refractivity contribution is 6.15. The number of aliphatic imine (C=N–C) groups is 3. The highest BCUT2D eigenvalue weighted by Gasteiger charge is 2.22. The fourth-order valence-corrected chi connectivity index (χ4v) is 7.99. The molecule has 0 fully saturated rings. The smallest absolute Gasteiger partial charge is 0.0686 e. The van der Waals surface area contributed by atoms with E-state index in [0.717, 1.165) is 70.2 Å². The van der Waals surface area contributed by atoms with Crippen LogP contribution in [0.2, 0.25) is 0 Å². The zero-order chi connectivity index (χ0) is 33.7. The Hall–Kier alpha value is -6.27. The predicted octanol–water partition coefficient (Wildman–Crippen LogP) is 8.88. The van der Waals surface area contributed by atoms with Gasteiger partial charge < -0.3 is 14.7 Å². The lowest BCUT2D eigenvalue weighted by molar-refractivity contribution is 0.904. The second-order valence-corrected chi connectivity index (χ2v) is 13.8. The average molecular weight is 661 g/mol. The van der Waals surface area contributed by atoms with Crippen LogP contribution in [-0.2, 0) is 39.3 Å². The molecule has 246 valence electrons. The number of rotatable bonds is 0. The van der Waals surface area contributed by atoms with E-state index in [9.17, 15) is 0 Å². The van der Waals surface area contributed by atoms with Gasteiger partial charge in [0, 0.05) is 54.9 Å². The Labute approximate surface area is 298 Å². The molecule has 0 radical (unpaired) electrons. The van der Waals surface area contributed by atoms with E-state index in [4.69, 9.17) is 15.0 Å². The fraction of sp³-hybridized carbons (Fsp3) is 0.133. The summed E-state index contributed by atoms with van der Waals surface area (Å²) in [7, 11) is 0. The van der Waals surface area contributed by atoms with Gasteiger partial charge in [0.2, 0.25) is 0 Å². The third kappa shape index (κ3) is 5.59. The van der Waals surface area contributed by atoms with Gasteiger partial charge in [-0.05, 0) is 69.8 Å².